The van der Waals surface area contributed by atoms with Gasteiger partial charge in [-0.15, -0.1) is 0 Å². The Morgan fingerprint density at radius 3 is 2.53 bits per heavy atom. The van der Waals surface area contributed by atoms with Crippen LogP contribution in [0.2, 0.25) is 0 Å². The molecule has 0 aromatic heterocycles. The summed E-state index contributed by atoms with van der Waals surface area (Å²) in [5, 5.41) is 0. The lowest BCUT2D eigenvalue weighted by Gasteiger charge is -2.07. The van der Waals surface area contributed by atoms with E-state index in [0.29, 0.717) is 18.9 Å². The van der Waals surface area contributed by atoms with E-state index < -0.39 is 10.8 Å². The molecular formula is C15H25NO2S. The summed E-state index contributed by atoms with van der Waals surface area (Å²) in [5.41, 5.74) is 6.72. The SMILES string of the molecule is CCCCCS(=O)CCOc1ccc(CCN)cc1. The Hall–Kier alpha value is -0.870. The number of nitrogens with two attached hydrogens (primary N) is 1. The van der Waals surface area contributed by atoms with Crippen molar-refractivity contribution < 1.29 is 8.95 Å². The molecule has 1 aromatic carbocycles. The van der Waals surface area contributed by atoms with Gasteiger partial charge in [-0.3, -0.25) is 4.21 Å². The van der Waals surface area contributed by atoms with Crippen molar-refractivity contribution in [3.63, 3.8) is 0 Å². The van der Waals surface area contributed by atoms with Crippen LogP contribution in [0, 0.1) is 0 Å². The van der Waals surface area contributed by atoms with Gasteiger partial charge in [0.05, 0.1) is 12.4 Å². The van der Waals surface area contributed by atoms with Crippen LogP contribution >= 0.6 is 0 Å². The Balaban J connectivity index is 2.19. The molecule has 0 aliphatic rings. The van der Waals surface area contributed by atoms with E-state index in [1.807, 2.05) is 24.3 Å². The summed E-state index contributed by atoms with van der Waals surface area (Å²) in [6.45, 7) is 3.34. The highest BCUT2D eigenvalue weighted by Crippen LogP contribution is 2.12. The van der Waals surface area contributed by atoms with Crippen LogP contribution in [0.15, 0.2) is 24.3 Å². The van der Waals surface area contributed by atoms with Crippen LogP contribution in [0.5, 0.6) is 5.75 Å². The molecule has 2 N–H and O–H groups in total. The Morgan fingerprint density at radius 1 is 1.16 bits per heavy atom. The molecule has 0 saturated heterocycles. The van der Waals surface area contributed by atoms with Gasteiger partial charge in [-0.1, -0.05) is 31.9 Å². The van der Waals surface area contributed by atoms with Crippen molar-refractivity contribution in [2.24, 2.45) is 5.73 Å². The van der Waals surface area contributed by atoms with Gasteiger partial charge in [0.25, 0.3) is 0 Å². The van der Waals surface area contributed by atoms with Crippen LogP contribution in [0.25, 0.3) is 0 Å². The van der Waals surface area contributed by atoms with E-state index in [4.69, 9.17) is 10.5 Å². The molecule has 0 saturated carbocycles. The molecule has 0 spiro atoms. The quantitative estimate of drug-likeness (QED) is 0.671. The molecule has 0 radical (unpaired) electrons. The van der Waals surface area contributed by atoms with Crippen molar-refractivity contribution >= 4 is 10.8 Å². The van der Waals surface area contributed by atoms with Gasteiger partial charge in [0.1, 0.15) is 5.75 Å². The van der Waals surface area contributed by atoms with Crippen molar-refractivity contribution in [3.8, 4) is 5.75 Å². The minimum atomic E-state index is -0.744. The number of unbranched alkanes of at least 4 members (excludes halogenated alkanes) is 2. The molecule has 0 amide bonds. The van der Waals surface area contributed by atoms with Crippen molar-refractivity contribution in [1.29, 1.82) is 0 Å². The van der Waals surface area contributed by atoms with Crippen LogP contribution in [-0.2, 0) is 17.2 Å². The van der Waals surface area contributed by atoms with Crippen LogP contribution in [-0.4, -0.2) is 28.9 Å². The Bertz CT molecular complexity index is 365. The van der Waals surface area contributed by atoms with Crippen molar-refractivity contribution in [1.82, 2.24) is 0 Å². The number of hydrogen-bond acceptors (Lipinski definition) is 3. The lowest BCUT2D eigenvalue weighted by atomic mass is 10.1. The van der Waals surface area contributed by atoms with Crippen LogP contribution in [0.1, 0.15) is 31.7 Å². The fraction of sp³-hybridized carbons (Fsp3) is 0.600. The molecule has 1 atom stereocenters. The summed E-state index contributed by atoms with van der Waals surface area (Å²) in [5.74, 6) is 2.26. The van der Waals surface area contributed by atoms with E-state index in [-0.39, 0.29) is 0 Å². The summed E-state index contributed by atoms with van der Waals surface area (Å²) in [6, 6.07) is 7.96. The first-order chi connectivity index (χ1) is 9.26. The minimum Gasteiger partial charge on any atom is -0.493 e. The van der Waals surface area contributed by atoms with E-state index >= 15 is 0 Å². The van der Waals surface area contributed by atoms with Gasteiger partial charge in [0.2, 0.25) is 0 Å². The Morgan fingerprint density at radius 2 is 1.89 bits per heavy atom. The van der Waals surface area contributed by atoms with Crippen LogP contribution < -0.4 is 10.5 Å². The molecular weight excluding hydrogens is 258 g/mol. The normalized spacial score (nSPS) is 12.3. The summed E-state index contributed by atoms with van der Waals surface area (Å²) in [4.78, 5) is 0. The van der Waals surface area contributed by atoms with Gasteiger partial charge in [-0.05, 0) is 37.1 Å². The molecule has 0 aliphatic heterocycles. The molecule has 1 aromatic rings. The van der Waals surface area contributed by atoms with Gasteiger partial charge in [0, 0.05) is 16.6 Å². The zero-order valence-corrected chi connectivity index (χ0v) is 12.6. The maximum Gasteiger partial charge on any atom is 0.119 e. The number of benzene rings is 1. The Kier molecular flexibility index (Phi) is 8.50. The zero-order chi connectivity index (χ0) is 13.9. The lowest BCUT2D eigenvalue weighted by Crippen LogP contribution is -2.11. The van der Waals surface area contributed by atoms with E-state index in [1.165, 1.54) is 12.0 Å². The van der Waals surface area contributed by atoms with E-state index in [0.717, 1.165) is 30.8 Å². The largest absolute Gasteiger partial charge is 0.493 e. The molecule has 19 heavy (non-hydrogen) atoms. The summed E-state index contributed by atoms with van der Waals surface area (Å²) in [7, 11) is -0.744. The fourth-order valence-electron chi connectivity index (χ4n) is 1.79. The summed E-state index contributed by atoms with van der Waals surface area (Å²) >= 11 is 0. The van der Waals surface area contributed by atoms with Crippen molar-refractivity contribution in [2.75, 3.05) is 24.7 Å². The highest BCUT2D eigenvalue weighted by atomic mass is 32.2. The molecule has 0 fully saturated rings. The number of rotatable bonds is 10. The number of ether oxygens (including phenoxy) is 1. The van der Waals surface area contributed by atoms with E-state index in [9.17, 15) is 4.21 Å². The van der Waals surface area contributed by atoms with Gasteiger partial charge >= 0.3 is 0 Å². The maximum atomic E-state index is 11.7. The van der Waals surface area contributed by atoms with Crippen molar-refractivity contribution in [2.45, 2.75) is 32.6 Å². The smallest absolute Gasteiger partial charge is 0.119 e. The molecule has 108 valence electrons. The first-order valence-electron chi connectivity index (χ1n) is 7.03. The second-order valence-electron chi connectivity index (χ2n) is 4.59. The van der Waals surface area contributed by atoms with Gasteiger partial charge in [-0.25, -0.2) is 0 Å². The third-order valence-corrected chi connectivity index (χ3v) is 4.28. The molecule has 0 bridgehead atoms. The monoisotopic (exact) mass is 283 g/mol. The maximum absolute atomic E-state index is 11.7. The predicted molar refractivity (Wildman–Crippen MR) is 82.1 cm³/mol. The van der Waals surface area contributed by atoms with Gasteiger partial charge in [0.15, 0.2) is 0 Å². The van der Waals surface area contributed by atoms with Gasteiger partial charge in [-0.2, -0.15) is 0 Å². The molecule has 4 heteroatoms. The summed E-state index contributed by atoms with van der Waals surface area (Å²) in [6.07, 6.45) is 4.27. The first-order valence-corrected chi connectivity index (χ1v) is 8.52. The fourth-order valence-corrected chi connectivity index (χ4v) is 2.79. The summed E-state index contributed by atoms with van der Waals surface area (Å²) < 4.78 is 17.3. The second kappa shape index (κ2) is 9.98. The first kappa shape index (κ1) is 16.2. The standard InChI is InChI=1S/C15H25NO2S/c1-2-3-4-12-19(17)13-11-18-15-7-5-14(6-8-15)9-10-16/h5-8H,2-4,9-13,16H2,1H3. The molecule has 0 heterocycles. The third kappa shape index (κ3) is 7.33. The second-order valence-corrected chi connectivity index (χ2v) is 6.28. The third-order valence-electron chi connectivity index (χ3n) is 2.91. The van der Waals surface area contributed by atoms with Gasteiger partial charge < -0.3 is 10.5 Å². The number of hydrogen-bond donors (Lipinski definition) is 1. The van der Waals surface area contributed by atoms with Crippen molar-refractivity contribution in [3.05, 3.63) is 29.8 Å². The Labute approximate surface area is 119 Å². The molecule has 0 aliphatic carbocycles. The molecule has 1 rings (SSSR count). The zero-order valence-electron chi connectivity index (χ0n) is 11.8. The molecule has 3 nitrogen and oxygen atoms in total. The highest BCUT2D eigenvalue weighted by molar-refractivity contribution is 7.84. The average molecular weight is 283 g/mol. The minimum absolute atomic E-state index is 0.523. The predicted octanol–water partition coefficient (Wildman–Crippen LogP) is 2.51. The van der Waals surface area contributed by atoms with Crippen LogP contribution in [0.3, 0.4) is 0 Å². The van der Waals surface area contributed by atoms with Crippen LogP contribution in [0.4, 0.5) is 0 Å². The topological polar surface area (TPSA) is 52.3 Å². The van der Waals surface area contributed by atoms with E-state index in [2.05, 4.69) is 6.92 Å². The molecule has 1 unspecified atom stereocenters. The average Bonchev–Trinajstić information content (AvgIpc) is 2.41. The lowest BCUT2D eigenvalue weighted by molar-refractivity contribution is 0.342. The van der Waals surface area contributed by atoms with E-state index in [1.54, 1.807) is 0 Å². The highest BCUT2D eigenvalue weighted by Gasteiger charge is 2.01.